The number of amides is 2. The summed E-state index contributed by atoms with van der Waals surface area (Å²) in [5, 5.41) is 6.60. The fourth-order valence-corrected chi connectivity index (χ4v) is 3.20. The highest BCUT2D eigenvalue weighted by molar-refractivity contribution is 6.31. The summed E-state index contributed by atoms with van der Waals surface area (Å²) in [7, 11) is 0. The first kappa shape index (κ1) is 19.2. The van der Waals surface area contributed by atoms with Crippen molar-refractivity contribution in [2.24, 2.45) is 0 Å². The molecule has 0 spiro atoms. The molecule has 27 heavy (non-hydrogen) atoms. The third-order valence-corrected chi connectivity index (χ3v) is 5.12. The maximum Gasteiger partial charge on any atom is 0.253 e. The van der Waals surface area contributed by atoms with E-state index in [0.717, 1.165) is 42.7 Å². The summed E-state index contributed by atoms with van der Waals surface area (Å²) >= 11 is 6.08. The SMILES string of the molecule is Cc1ccc(NCC(=O)NCc2ccc(C(=O)N3CCCC3)cc2)cc1Cl. The number of carbonyl (C=O) groups is 2. The van der Waals surface area contributed by atoms with Crippen molar-refractivity contribution in [1.29, 1.82) is 0 Å². The first-order chi connectivity index (χ1) is 13.0. The minimum Gasteiger partial charge on any atom is -0.376 e. The number of rotatable bonds is 6. The van der Waals surface area contributed by atoms with Crippen molar-refractivity contribution in [2.45, 2.75) is 26.3 Å². The minimum atomic E-state index is -0.107. The van der Waals surface area contributed by atoms with Gasteiger partial charge in [0.25, 0.3) is 5.91 Å². The van der Waals surface area contributed by atoms with Gasteiger partial charge < -0.3 is 15.5 Å². The van der Waals surface area contributed by atoms with Crippen LogP contribution in [0.3, 0.4) is 0 Å². The van der Waals surface area contributed by atoms with Gasteiger partial charge in [-0.1, -0.05) is 29.8 Å². The summed E-state index contributed by atoms with van der Waals surface area (Å²) in [4.78, 5) is 26.2. The Morgan fingerprint density at radius 3 is 2.44 bits per heavy atom. The highest BCUT2D eigenvalue weighted by Gasteiger charge is 2.19. The normalized spacial score (nSPS) is 13.5. The lowest BCUT2D eigenvalue weighted by atomic mass is 10.1. The molecule has 0 bridgehead atoms. The standard InChI is InChI=1S/C21H24ClN3O2/c1-15-4-9-18(12-19(15)22)23-14-20(26)24-13-16-5-7-17(8-6-16)21(27)25-10-2-3-11-25/h4-9,12,23H,2-3,10-11,13-14H2,1H3,(H,24,26). The summed E-state index contributed by atoms with van der Waals surface area (Å²) in [6, 6.07) is 13.0. The zero-order chi connectivity index (χ0) is 19.2. The molecule has 1 aliphatic heterocycles. The minimum absolute atomic E-state index is 0.0871. The molecule has 0 aliphatic carbocycles. The third-order valence-electron chi connectivity index (χ3n) is 4.71. The molecular formula is C21H24ClN3O2. The van der Waals surface area contributed by atoms with E-state index in [2.05, 4.69) is 10.6 Å². The molecule has 0 radical (unpaired) electrons. The number of anilines is 1. The van der Waals surface area contributed by atoms with E-state index in [9.17, 15) is 9.59 Å². The Morgan fingerprint density at radius 1 is 1.07 bits per heavy atom. The second kappa shape index (κ2) is 8.91. The lowest BCUT2D eigenvalue weighted by molar-refractivity contribution is -0.119. The molecule has 1 aliphatic rings. The Kier molecular flexibility index (Phi) is 6.35. The van der Waals surface area contributed by atoms with Gasteiger partial charge in [0.15, 0.2) is 0 Å². The Balaban J connectivity index is 1.45. The van der Waals surface area contributed by atoms with Crippen molar-refractivity contribution in [3.8, 4) is 0 Å². The number of hydrogen-bond donors (Lipinski definition) is 2. The lowest BCUT2D eigenvalue weighted by Gasteiger charge is -2.15. The largest absolute Gasteiger partial charge is 0.376 e. The van der Waals surface area contributed by atoms with Crippen molar-refractivity contribution in [1.82, 2.24) is 10.2 Å². The van der Waals surface area contributed by atoms with Crippen LogP contribution in [-0.4, -0.2) is 36.3 Å². The lowest BCUT2D eigenvalue weighted by Crippen LogP contribution is -2.29. The summed E-state index contributed by atoms with van der Waals surface area (Å²) < 4.78 is 0. The number of aryl methyl sites for hydroxylation is 1. The summed E-state index contributed by atoms with van der Waals surface area (Å²) in [6.45, 7) is 4.22. The van der Waals surface area contributed by atoms with Crippen molar-refractivity contribution < 1.29 is 9.59 Å². The topological polar surface area (TPSA) is 61.4 Å². The van der Waals surface area contributed by atoms with Gasteiger partial charge in [-0.3, -0.25) is 9.59 Å². The van der Waals surface area contributed by atoms with E-state index in [4.69, 9.17) is 11.6 Å². The number of carbonyl (C=O) groups excluding carboxylic acids is 2. The van der Waals surface area contributed by atoms with Crippen LogP contribution in [0.25, 0.3) is 0 Å². The van der Waals surface area contributed by atoms with E-state index in [-0.39, 0.29) is 18.4 Å². The van der Waals surface area contributed by atoms with E-state index >= 15 is 0 Å². The molecule has 2 amide bonds. The second-order valence-electron chi connectivity index (χ2n) is 6.79. The van der Waals surface area contributed by atoms with E-state index in [0.29, 0.717) is 17.1 Å². The molecule has 2 aromatic rings. The quantitative estimate of drug-likeness (QED) is 0.798. The molecule has 142 valence electrons. The van der Waals surface area contributed by atoms with Gasteiger partial charge in [0.1, 0.15) is 0 Å². The van der Waals surface area contributed by atoms with Crippen LogP contribution in [0.1, 0.15) is 34.3 Å². The zero-order valence-electron chi connectivity index (χ0n) is 15.4. The van der Waals surface area contributed by atoms with Crippen molar-refractivity contribution >= 4 is 29.1 Å². The first-order valence-corrected chi connectivity index (χ1v) is 9.55. The summed E-state index contributed by atoms with van der Waals surface area (Å²) in [5.41, 5.74) is 3.47. The Hall–Kier alpha value is -2.53. The Labute approximate surface area is 164 Å². The van der Waals surface area contributed by atoms with Gasteiger partial charge in [-0.2, -0.15) is 0 Å². The number of nitrogens with zero attached hydrogens (tertiary/aromatic N) is 1. The number of halogens is 1. The second-order valence-corrected chi connectivity index (χ2v) is 7.20. The molecular weight excluding hydrogens is 362 g/mol. The fourth-order valence-electron chi connectivity index (χ4n) is 3.02. The van der Waals surface area contributed by atoms with Gasteiger partial charge in [0.2, 0.25) is 5.91 Å². The van der Waals surface area contributed by atoms with Crippen LogP contribution >= 0.6 is 11.6 Å². The van der Waals surface area contributed by atoms with E-state index in [1.165, 1.54) is 0 Å². The predicted molar refractivity (Wildman–Crippen MR) is 108 cm³/mol. The van der Waals surface area contributed by atoms with Crippen LogP contribution in [0, 0.1) is 6.92 Å². The predicted octanol–water partition coefficient (Wildman–Crippen LogP) is 3.61. The van der Waals surface area contributed by atoms with Crippen LogP contribution in [0.2, 0.25) is 5.02 Å². The molecule has 1 fully saturated rings. The maximum atomic E-state index is 12.3. The van der Waals surface area contributed by atoms with Crippen molar-refractivity contribution in [2.75, 3.05) is 25.0 Å². The van der Waals surface area contributed by atoms with Gasteiger partial charge in [-0.05, 0) is 55.2 Å². The molecule has 0 saturated carbocycles. The van der Waals surface area contributed by atoms with Gasteiger partial charge >= 0.3 is 0 Å². The van der Waals surface area contributed by atoms with E-state index in [1.54, 1.807) is 6.07 Å². The molecule has 2 N–H and O–H groups in total. The molecule has 3 rings (SSSR count). The maximum absolute atomic E-state index is 12.3. The number of benzene rings is 2. The molecule has 5 nitrogen and oxygen atoms in total. The zero-order valence-corrected chi connectivity index (χ0v) is 16.2. The van der Waals surface area contributed by atoms with Crippen LogP contribution in [-0.2, 0) is 11.3 Å². The number of likely N-dealkylation sites (tertiary alicyclic amines) is 1. The van der Waals surface area contributed by atoms with Gasteiger partial charge in [0.05, 0.1) is 6.54 Å². The smallest absolute Gasteiger partial charge is 0.253 e. The van der Waals surface area contributed by atoms with Gasteiger partial charge in [-0.15, -0.1) is 0 Å². The number of nitrogens with one attached hydrogen (secondary N) is 2. The molecule has 6 heteroatoms. The highest BCUT2D eigenvalue weighted by atomic mass is 35.5. The Morgan fingerprint density at radius 2 is 1.78 bits per heavy atom. The van der Waals surface area contributed by atoms with Crippen LogP contribution in [0.5, 0.6) is 0 Å². The molecule has 0 atom stereocenters. The van der Waals surface area contributed by atoms with Crippen LogP contribution in [0.4, 0.5) is 5.69 Å². The fraction of sp³-hybridized carbons (Fsp3) is 0.333. The average molecular weight is 386 g/mol. The third kappa shape index (κ3) is 5.23. The molecule has 0 aromatic heterocycles. The first-order valence-electron chi connectivity index (χ1n) is 9.18. The van der Waals surface area contributed by atoms with Gasteiger partial charge in [-0.25, -0.2) is 0 Å². The van der Waals surface area contributed by atoms with Crippen molar-refractivity contribution in [3.63, 3.8) is 0 Å². The highest BCUT2D eigenvalue weighted by Crippen LogP contribution is 2.19. The average Bonchev–Trinajstić information content (AvgIpc) is 3.22. The number of hydrogen-bond acceptors (Lipinski definition) is 3. The van der Waals surface area contributed by atoms with E-state index < -0.39 is 0 Å². The van der Waals surface area contributed by atoms with Crippen LogP contribution in [0.15, 0.2) is 42.5 Å². The molecule has 1 heterocycles. The monoisotopic (exact) mass is 385 g/mol. The summed E-state index contributed by atoms with van der Waals surface area (Å²) in [6.07, 6.45) is 2.16. The summed E-state index contributed by atoms with van der Waals surface area (Å²) in [5.74, 6) is -0.0204. The van der Waals surface area contributed by atoms with Crippen LogP contribution < -0.4 is 10.6 Å². The van der Waals surface area contributed by atoms with E-state index in [1.807, 2.05) is 48.2 Å². The van der Waals surface area contributed by atoms with Crippen molar-refractivity contribution in [3.05, 3.63) is 64.2 Å². The Bertz CT molecular complexity index is 815. The van der Waals surface area contributed by atoms with Gasteiger partial charge in [0, 0.05) is 35.9 Å². The molecule has 1 saturated heterocycles. The molecule has 2 aromatic carbocycles. The molecule has 0 unspecified atom stereocenters.